The summed E-state index contributed by atoms with van der Waals surface area (Å²) in [5, 5.41) is 3.36. The second-order valence-corrected chi connectivity index (χ2v) is 7.11. The Morgan fingerprint density at radius 1 is 1.19 bits per heavy atom. The lowest BCUT2D eigenvalue weighted by Gasteiger charge is -2.23. The van der Waals surface area contributed by atoms with Crippen LogP contribution in [0.4, 0.5) is 11.4 Å². The summed E-state index contributed by atoms with van der Waals surface area (Å²) < 4.78 is 5.34. The molecule has 0 saturated carbocycles. The van der Waals surface area contributed by atoms with Crippen molar-refractivity contribution in [2.45, 2.75) is 33.6 Å². The van der Waals surface area contributed by atoms with E-state index in [0.717, 1.165) is 5.56 Å². The maximum atomic E-state index is 12.5. The van der Waals surface area contributed by atoms with E-state index >= 15 is 0 Å². The Labute approximate surface area is 165 Å². The van der Waals surface area contributed by atoms with Gasteiger partial charge in [-0.05, 0) is 42.2 Å². The highest BCUT2D eigenvalue weighted by molar-refractivity contribution is 6.31. The Hall–Kier alpha value is -2.53. The molecular formula is C21H25ClN2O3. The van der Waals surface area contributed by atoms with Crippen molar-refractivity contribution in [3.8, 4) is 5.75 Å². The van der Waals surface area contributed by atoms with Crippen LogP contribution in [0.3, 0.4) is 0 Å². The van der Waals surface area contributed by atoms with E-state index in [4.69, 9.17) is 16.3 Å². The SMILES string of the molecule is COc1cc(Cl)c(C)cc1N(CC(=O)Nc1ccc(C(C)C)cc1)C(C)=O. The van der Waals surface area contributed by atoms with Gasteiger partial charge in [0.25, 0.3) is 0 Å². The second-order valence-electron chi connectivity index (χ2n) is 6.70. The molecule has 0 aromatic heterocycles. The van der Waals surface area contributed by atoms with Gasteiger partial charge in [-0.2, -0.15) is 0 Å². The van der Waals surface area contributed by atoms with Gasteiger partial charge in [0.05, 0.1) is 12.8 Å². The highest BCUT2D eigenvalue weighted by Gasteiger charge is 2.21. The van der Waals surface area contributed by atoms with Crippen LogP contribution in [0.1, 0.15) is 37.8 Å². The quantitative estimate of drug-likeness (QED) is 0.775. The van der Waals surface area contributed by atoms with Crippen LogP contribution in [-0.2, 0) is 9.59 Å². The summed E-state index contributed by atoms with van der Waals surface area (Å²) in [7, 11) is 1.50. The summed E-state index contributed by atoms with van der Waals surface area (Å²) in [6, 6.07) is 11.1. The van der Waals surface area contributed by atoms with E-state index < -0.39 is 0 Å². The Balaban J connectivity index is 2.20. The number of ether oxygens (including phenoxy) is 1. The molecule has 0 fully saturated rings. The van der Waals surface area contributed by atoms with Crippen molar-refractivity contribution in [3.05, 3.63) is 52.5 Å². The van der Waals surface area contributed by atoms with Crippen LogP contribution in [0.2, 0.25) is 5.02 Å². The maximum Gasteiger partial charge on any atom is 0.244 e. The predicted molar refractivity (Wildman–Crippen MR) is 110 cm³/mol. The predicted octanol–water partition coefficient (Wildman–Crippen LogP) is 4.77. The van der Waals surface area contributed by atoms with Crippen LogP contribution in [0, 0.1) is 6.92 Å². The number of methoxy groups -OCH3 is 1. The number of halogens is 1. The maximum absolute atomic E-state index is 12.5. The molecule has 0 radical (unpaired) electrons. The number of carbonyl (C=O) groups is 2. The molecule has 0 spiro atoms. The van der Waals surface area contributed by atoms with Gasteiger partial charge >= 0.3 is 0 Å². The molecule has 0 aliphatic heterocycles. The van der Waals surface area contributed by atoms with E-state index in [1.165, 1.54) is 24.5 Å². The van der Waals surface area contributed by atoms with Gasteiger partial charge in [-0.3, -0.25) is 14.5 Å². The molecular weight excluding hydrogens is 364 g/mol. The molecule has 2 rings (SSSR count). The molecule has 144 valence electrons. The van der Waals surface area contributed by atoms with Crippen LogP contribution in [0.5, 0.6) is 5.75 Å². The molecule has 6 heteroatoms. The summed E-state index contributed by atoms with van der Waals surface area (Å²) in [6.45, 7) is 7.34. The average Bonchev–Trinajstić information content (AvgIpc) is 2.62. The highest BCUT2D eigenvalue weighted by Crippen LogP contribution is 2.34. The van der Waals surface area contributed by atoms with Crippen molar-refractivity contribution >= 4 is 34.8 Å². The largest absolute Gasteiger partial charge is 0.495 e. The first-order valence-corrected chi connectivity index (χ1v) is 9.12. The summed E-state index contributed by atoms with van der Waals surface area (Å²) in [6.07, 6.45) is 0. The van der Waals surface area contributed by atoms with Gasteiger partial charge in [0.2, 0.25) is 11.8 Å². The first kappa shape index (κ1) is 20.8. The van der Waals surface area contributed by atoms with Gasteiger partial charge in [-0.1, -0.05) is 37.6 Å². The zero-order valence-electron chi connectivity index (χ0n) is 16.3. The fourth-order valence-electron chi connectivity index (χ4n) is 2.68. The standard InChI is InChI=1S/C21H25ClN2O3/c1-13(2)16-6-8-17(9-7-16)23-21(26)12-24(15(4)25)19-10-14(3)18(22)11-20(19)27-5/h6-11,13H,12H2,1-5H3,(H,23,26). The summed E-state index contributed by atoms with van der Waals surface area (Å²) in [5.74, 6) is 0.302. The highest BCUT2D eigenvalue weighted by atomic mass is 35.5. The van der Waals surface area contributed by atoms with Crippen molar-refractivity contribution < 1.29 is 14.3 Å². The van der Waals surface area contributed by atoms with Crippen LogP contribution < -0.4 is 15.0 Å². The van der Waals surface area contributed by atoms with E-state index in [-0.39, 0.29) is 18.4 Å². The molecule has 0 unspecified atom stereocenters. The van der Waals surface area contributed by atoms with Gasteiger partial charge in [-0.25, -0.2) is 0 Å². The average molecular weight is 389 g/mol. The smallest absolute Gasteiger partial charge is 0.244 e. The lowest BCUT2D eigenvalue weighted by molar-refractivity contribution is -0.120. The van der Waals surface area contributed by atoms with Gasteiger partial charge < -0.3 is 10.1 Å². The van der Waals surface area contributed by atoms with Crippen LogP contribution in [0.15, 0.2) is 36.4 Å². The van der Waals surface area contributed by atoms with Crippen molar-refractivity contribution in [3.63, 3.8) is 0 Å². The minimum Gasteiger partial charge on any atom is -0.495 e. The summed E-state index contributed by atoms with van der Waals surface area (Å²) in [5.41, 5.74) is 3.19. The molecule has 2 amide bonds. The fraction of sp³-hybridized carbons (Fsp3) is 0.333. The van der Waals surface area contributed by atoms with E-state index in [0.29, 0.717) is 28.1 Å². The first-order chi connectivity index (χ1) is 12.7. The molecule has 2 aromatic carbocycles. The molecule has 1 N–H and O–H groups in total. The van der Waals surface area contributed by atoms with E-state index in [1.807, 2.05) is 31.2 Å². The van der Waals surface area contributed by atoms with E-state index in [9.17, 15) is 9.59 Å². The number of hydrogen-bond donors (Lipinski definition) is 1. The fourth-order valence-corrected chi connectivity index (χ4v) is 2.84. The number of hydrogen-bond acceptors (Lipinski definition) is 3. The molecule has 27 heavy (non-hydrogen) atoms. The third-order valence-electron chi connectivity index (χ3n) is 4.29. The van der Waals surface area contributed by atoms with Crippen LogP contribution >= 0.6 is 11.6 Å². The Morgan fingerprint density at radius 2 is 1.81 bits per heavy atom. The molecule has 0 heterocycles. The normalized spacial score (nSPS) is 10.6. The second kappa shape index (κ2) is 8.91. The number of carbonyl (C=O) groups excluding carboxylic acids is 2. The molecule has 5 nitrogen and oxygen atoms in total. The first-order valence-electron chi connectivity index (χ1n) is 8.75. The number of anilines is 2. The lowest BCUT2D eigenvalue weighted by atomic mass is 10.0. The van der Waals surface area contributed by atoms with Crippen molar-refractivity contribution in [1.82, 2.24) is 0 Å². The minimum atomic E-state index is -0.294. The van der Waals surface area contributed by atoms with Crippen molar-refractivity contribution in [2.75, 3.05) is 23.9 Å². The summed E-state index contributed by atoms with van der Waals surface area (Å²) >= 11 is 6.13. The lowest BCUT2D eigenvalue weighted by Crippen LogP contribution is -2.37. The Bertz CT molecular complexity index is 832. The van der Waals surface area contributed by atoms with Crippen LogP contribution in [-0.4, -0.2) is 25.5 Å². The zero-order valence-corrected chi connectivity index (χ0v) is 17.1. The van der Waals surface area contributed by atoms with Crippen molar-refractivity contribution in [1.29, 1.82) is 0 Å². The molecule has 0 bridgehead atoms. The molecule has 2 aromatic rings. The number of nitrogens with zero attached hydrogens (tertiary/aromatic N) is 1. The van der Waals surface area contributed by atoms with Gasteiger partial charge in [-0.15, -0.1) is 0 Å². The van der Waals surface area contributed by atoms with E-state index in [2.05, 4.69) is 19.2 Å². The number of amides is 2. The number of aryl methyl sites for hydroxylation is 1. The minimum absolute atomic E-state index is 0.126. The molecule has 0 saturated heterocycles. The van der Waals surface area contributed by atoms with E-state index in [1.54, 1.807) is 12.1 Å². The monoisotopic (exact) mass is 388 g/mol. The van der Waals surface area contributed by atoms with Gasteiger partial charge in [0.1, 0.15) is 12.3 Å². The third kappa shape index (κ3) is 5.23. The van der Waals surface area contributed by atoms with Gasteiger partial charge in [0, 0.05) is 23.7 Å². The van der Waals surface area contributed by atoms with Crippen LogP contribution in [0.25, 0.3) is 0 Å². The Morgan fingerprint density at radius 3 is 2.33 bits per heavy atom. The zero-order chi connectivity index (χ0) is 20.1. The third-order valence-corrected chi connectivity index (χ3v) is 4.70. The van der Waals surface area contributed by atoms with Gasteiger partial charge in [0.15, 0.2) is 0 Å². The molecule has 0 aliphatic carbocycles. The number of benzene rings is 2. The number of nitrogens with one attached hydrogen (secondary N) is 1. The topological polar surface area (TPSA) is 58.6 Å². The molecule has 0 atom stereocenters. The molecule has 0 aliphatic rings. The van der Waals surface area contributed by atoms with Crippen molar-refractivity contribution in [2.24, 2.45) is 0 Å². The number of rotatable bonds is 6. The Kier molecular flexibility index (Phi) is 6.86. The summed E-state index contributed by atoms with van der Waals surface area (Å²) in [4.78, 5) is 26.0.